The third kappa shape index (κ3) is 5.76. The fraction of sp³-hybridized carbons (Fsp3) is 0.562. The van der Waals surface area contributed by atoms with E-state index < -0.39 is 0 Å². The minimum atomic E-state index is 0.599. The number of ether oxygens (including phenoxy) is 1. The lowest BCUT2D eigenvalue weighted by Gasteiger charge is -2.08. The number of methoxy groups -OCH3 is 1. The van der Waals surface area contributed by atoms with Crippen molar-refractivity contribution in [1.29, 1.82) is 5.26 Å². The van der Waals surface area contributed by atoms with Gasteiger partial charge in [-0.1, -0.05) is 32.8 Å². The molecule has 0 amide bonds. The first-order valence-corrected chi connectivity index (χ1v) is 6.95. The van der Waals surface area contributed by atoms with E-state index in [-0.39, 0.29) is 0 Å². The first kappa shape index (κ1) is 15.5. The Morgan fingerprint density at radius 2 is 2.11 bits per heavy atom. The molecule has 1 aromatic carbocycles. The summed E-state index contributed by atoms with van der Waals surface area (Å²) in [5, 5.41) is 12.4. The summed E-state index contributed by atoms with van der Waals surface area (Å²) in [7, 11) is 1.59. The summed E-state index contributed by atoms with van der Waals surface area (Å²) in [6, 6.07) is 7.90. The minimum Gasteiger partial charge on any atom is -0.495 e. The van der Waals surface area contributed by atoms with Crippen LogP contribution in [0.25, 0.3) is 0 Å². The third-order valence-electron chi connectivity index (χ3n) is 3.10. The van der Waals surface area contributed by atoms with Crippen LogP contribution >= 0.6 is 0 Å². The molecule has 0 unspecified atom stereocenters. The molecule has 104 valence electrons. The van der Waals surface area contributed by atoms with Crippen molar-refractivity contribution in [3.8, 4) is 11.8 Å². The van der Waals surface area contributed by atoms with Gasteiger partial charge < -0.3 is 10.1 Å². The van der Waals surface area contributed by atoms with E-state index in [0.717, 1.165) is 24.6 Å². The zero-order valence-electron chi connectivity index (χ0n) is 12.2. The van der Waals surface area contributed by atoms with Gasteiger partial charge in [0, 0.05) is 6.54 Å². The number of hydrogen-bond donors (Lipinski definition) is 1. The molecule has 3 heteroatoms. The number of nitrogens with zero attached hydrogens (tertiary/aromatic N) is 1. The quantitative estimate of drug-likeness (QED) is 0.728. The van der Waals surface area contributed by atoms with Crippen LogP contribution in [-0.2, 0) is 6.54 Å². The maximum atomic E-state index is 9.02. The lowest BCUT2D eigenvalue weighted by Crippen LogP contribution is -2.15. The zero-order valence-corrected chi connectivity index (χ0v) is 12.2. The molecule has 1 rings (SSSR count). The summed E-state index contributed by atoms with van der Waals surface area (Å²) in [6.07, 6.45) is 3.78. The summed E-state index contributed by atoms with van der Waals surface area (Å²) in [5.74, 6) is 1.43. The number of hydrogen-bond acceptors (Lipinski definition) is 3. The largest absolute Gasteiger partial charge is 0.495 e. The van der Waals surface area contributed by atoms with Gasteiger partial charge in [-0.05, 0) is 36.6 Å². The summed E-state index contributed by atoms with van der Waals surface area (Å²) in [4.78, 5) is 0. The summed E-state index contributed by atoms with van der Waals surface area (Å²) in [5.41, 5.74) is 1.72. The van der Waals surface area contributed by atoms with Crippen LogP contribution in [0, 0.1) is 17.2 Å². The van der Waals surface area contributed by atoms with Gasteiger partial charge in [0.15, 0.2) is 0 Å². The highest BCUT2D eigenvalue weighted by molar-refractivity contribution is 5.45. The van der Waals surface area contributed by atoms with Crippen LogP contribution in [0.5, 0.6) is 5.75 Å². The number of rotatable bonds is 8. The van der Waals surface area contributed by atoms with Crippen LogP contribution in [0.1, 0.15) is 44.2 Å². The lowest BCUT2D eigenvalue weighted by atomic mass is 10.1. The molecule has 0 saturated heterocycles. The van der Waals surface area contributed by atoms with Crippen LogP contribution in [0.3, 0.4) is 0 Å². The van der Waals surface area contributed by atoms with Gasteiger partial charge in [0.2, 0.25) is 0 Å². The van der Waals surface area contributed by atoms with E-state index >= 15 is 0 Å². The van der Waals surface area contributed by atoms with E-state index in [9.17, 15) is 0 Å². The minimum absolute atomic E-state index is 0.599. The van der Waals surface area contributed by atoms with E-state index in [4.69, 9.17) is 10.00 Å². The molecule has 0 aromatic heterocycles. The molecule has 0 bridgehead atoms. The van der Waals surface area contributed by atoms with E-state index in [0.29, 0.717) is 11.3 Å². The van der Waals surface area contributed by atoms with E-state index in [2.05, 4.69) is 25.2 Å². The Morgan fingerprint density at radius 3 is 2.74 bits per heavy atom. The van der Waals surface area contributed by atoms with Crippen LogP contribution in [0.15, 0.2) is 18.2 Å². The Bertz CT molecular complexity index is 421. The van der Waals surface area contributed by atoms with Gasteiger partial charge in [0.25, 0.3) is 0 Å². The first-order chi connectivity index (χ1) is 9.17. The molecule has 0 atom stereocenters. The van der Waals surface area contributed by atoms with Crippen molar-refractivity contribution >= 4 is 0 Å². The maximum Gasteiger partial charge on any atom is 0.136 e. The fourth-order valence-electron chi connectivity index (χ4n) is 1.99. The molecular formula is C16H24N2O. The summed E-state index contributed by atoms with van der Waals surface area (Å²) >= 11 is 0. The lowest BCUT2D eigenvalue weighted by molar-refractivity contribution is 0.413. The molecule has 0 saturated carbocycles. The molecule has 3 nitrogen and oxygen atoms in total. The average molecular weight is 260 g/mol. The Kier molecular flexibility index (Phi) is 6.99. The average Bonchev–Trinajstić information content (AvgIpc) is 2.42. The molecule has 0 aliphatic heterocycles. The molecule has 1 aromatic rings. The molecule has 0 fully saturated rings. The van der Waals surface area contributed by atoms with Gasteiger partial charge in [-0.25, -0.2) is 0 Å². The number of unbranched alkanes of at least 4 members (excludes halogenated alkanes) is 1. The van der Waals surface area contributed by atoms with Crippen molar-refractivity contribution in [2.45, 2.75) is 39.7 Å². The summed E-state index contributed by atoms with van der Waals surface area (Å²) < 4.78 is 5.13. The van der Waals surface area contributed by atoms with E-state index in [1.807, 2.05) is 18.2 Å². The number of benzene rings is 1. The van der Waals surface area contributed by atoms with Crippen molar-refractivity contribution in [3.63, 3.8) is 0 Å². The van der Waals surface area contributed by atoms with Crippen molar-refractivity contribution in [1.82, 2.24) is 5.32 Å². The van der Waals surface area contributed by atoms with Gasteiger partial charge in [-0.15, -0.1) is 0 Å². The fourth-order valence-corrected chi connectivity index (χ4v) is 1.99. The molecule has 1 N–H and O–H groups in total. The van der Waals surface area contributed by atoms with Gasteiger partial charge in [0.1, 0.15) is 11.8 Å². The topological polar surface area (TPSA) is 45.0 Å². The standard InChI is InChI=1S/C16H24N2O/c1-13(2)6-4-5-9-18-12-14-7-8-16(19-3)15(10-14)11-17/h7-8,10,13,18H,4-6,9,12H2,1-3H3. The normalized spacial score (nSPS) is 10.5. The van der Waals surface area contributed by atoms with Gasteiger partial charge in [-0.2, -0.15) is 5.26 Å². The third-order valence-corrected chi connectivity index (χ3v) is 3.10. The van der Waals surface area contributed by atoms with Gasteiger partial charge >= 0.3 is 0 Å². The summed E-state index contributed by atoms with van der Waals surface area (Å²) in [6.45, 7) is 6.35. The van der Waals surface area contributed by atoms with Crippen molar-refractivity contribution in [3.05, 3.63) is 29.3 Å². The van der Waals surface area contributed by atoms with Crippen molar-refractivity contribution in [2.24, 2.45) is 5.92 Å². The molecule has 0 heterocycles. The highest BCUT2D eigenvalue weighted by atomic mass is 16.5. The Morgan fingerprint density at radius 1 is 1.32 bits per heavy atom. The van der Waals surface area contributed by atoms with Crippen molar-refractivity contribution in [2.75, 3.05) is 13.7 Å². The van der Waals surface area contributed by atoms with Crippen LogP contribution in [-0.4, -0.2) is 13.7 Å². The predicted molar refractivity (Wildman–Crippen MR) is 78.1 cm³/mol. The monoisotopic (exact) mass is 260 g/mol. The Balaban J connectivity index is 2.32. The number of nitrogens with one attached hydrogen (secondary N) is 1. The van der Waals surface area contributed by atoms with E-state index in [1.165, 1.54) is 19.3 Å². The predicted octanol–water partition coefficient (Wildman–Crippen LogP) is 3.48. The van der Waals surface area contributed by atoms with Gasteiger partial charge in [-0.3, -0.25) is 0 Å². The van der Waals surface area contributed by atoms with Crippen molar-refractivity contribution < 1.29 is 4.74 Å². The molecule has 0 aliphatic rings. The van der Waals surface area contributed by atoms with Crippen LogP contribution in [0.4, 0.5) is 0 Å². The molecule has 19 heavy (non-hydrogen) atoms. The Labute approximate surface area is 116 Å². The van der Waals surface area contributed by atoms with E-state index in [1.54, 1.807) is 7.11 Å². The molecule has 0 spiro atoms. The molecular weight excluding hydrogens is 236 g/mol. The zero-order chi connectivity index (χ0) is 14.1. The maximum absolute atomic E-state index is 9.02. The molecule has 0 aliphatic carbocycles. The second-order valence-electron chi connectivity index (χ2n) is 5.21. The highest BCUT2D eigenvalue weighted by Crippen LogP contribution is 2.18. The van der Waals surface area contributed by atoms with Gasteiger partial charge in [0.05, 0.1) is 12.7 Å². The van der Waals surface area contributed by atoms with Crippen LogP contribution in [0.2, 0.25) is 0 Å². The first-order valence-electron chi connectivity index (χ1n) is 6.95. The second kappa shape index (κ2) is 8.55. The van der Waals surface area contributed by atoms with Crippen LogP contribution < -0.4 is 10.1 Å². The second-order valence-corrected chi connectivity index (χ2v) is 5.21. The highest BCUT2D eigenvalue weighted by Gasteiger charge is 2.03. The smallest absolute Gasteiger partial charge is 0.136 e. The number of nitriles is 1. The Hall–Kier alpha value is -1.53. The SMILES string of the molecule is COc1ccc(CNCCCCC(C)C)cc1C#N. The molecule has 0 radical (unpaired) electrons.